The summed E-state index contributed by atoms with van der Waals surface area (Å²) in [7, 11) is 0. The van der Waals surface area contributed by atoms with Crippen molar-refractivity contribution in [3.05, 3.63) is 42.1 Å². The number of H-pyrrole nitrogens is 1. The summed E-state index contributed by atoms with van der Waals surface area (Å²) >= 11 is 0. The third-order valence-electron chi connectivity index (χ3n) is 5.07. The molecule has 2 atom stereocenters. The molecule has 7 nitrogen and oxygen atoms in total. The summed E-state index contributed by atoms with van der Waals surface area (Å²) in [4.78, 5) is 34.0. The second-order valence-corrected chi connectivity index (χ2v) is 7.42. The van der Waals surface area contributed by atoms with E-state index in [4.69, 9.17) is 5.73 Å². The van der Waals surface area contributed by atoms with Crippen LogP contribution in [0.5, 0.6) is 0 Å². The molecular formula is C20H28Cl2FN5O2. The Kier molecular flexibility index (Phi) is 9.74. The van der Waals surface area contributed by atoms with Gasteiger partial charge in [0.05, 0.1) is 30.5 Å². The minimum Gasteiger partial charge on any atom is -0.346 e. The van der Waals surface area contributed by atoms with Gasteiger partial charge in [0.2, 0.25) is 11.8 Å². The molecule has 4 N–H and O–H groups in total. The van der Waals surface area contributed by atoms with Gasteiger partial charge in [-0.25, -0.2) is 9.37 Å². The highest BCUT2D eigenvalue weighted by molar-refractivity contribution is 5.87. The van der Waals surface area contributed by atoms with E-state index in [9.17, 15) is 14.0 Å². The lowest BCUT2D eigenvalue weighted by molar-refractivity contribution is -0.134. The number of hydrogen-bond acceptors (Lipinski definition) is 4. The van der Waals surface area contributed by atoms with Crippen LogP contribution in [0.1, 0.15) is 38.6 Å². The van der Waals surface area contributed by atoms with E-state index < -0.39 is 6.04 Å². The number of halogens is 3. The van der Waals surface area contributed by atoms with E-state index >= 15 is 0 Å². The number of carbonyl (C=O) groups excluding carboxylic acids is 2. The summed E-state index contributed by atoms with van der Waals surface area (Å²) in [6.07, 6.45) is 3.34. The van der Waals surface area contributed by atoms with Crippen molar-refractivity contribution in [3.8, 4) is 11.3 Å². The van der Waals surface area contributed by atoms with E-state index in [2.05, 4.69) is 15.3 Å². The van der Waals surface area contributed by atoms with Crippen molar-refractivity contribution in [2.45, 2.75) is 38.8 Å². The van der Waals surface area contributed by atoms with E-state index in [1.165, 1.54) is 12.1 Å². The highest BCUT2D eigenvalue weighted by atomic mass is 35.5. The van der Waals surface area contributed by atoms with E-state index in [0.29, 0.717) is 12.4 Å². The minimum absolute atomic E-state index is 0. The maximum atomic E-state index is 13.1. The van der Waals surface area contributed by atoms with Crippen LogP contribution in [0.25, 0.3) is 11.3 Å². The van der Waals surface area contributed by atoms with Crippen molar-refractivity contribution < 1.29 is 14.0 Å². The van der Waals surface area contributed by atoms with E-state index in [0.717, 1.165) is 24.1 Å². The molecule has 166 valence electrons. The molecule has 0 saturated carbocycles. The van der Waals surface area contributed by atoms with Gasteiger partial charge in [0.15, 0.2) is 0 Å². The van der Waals surface area contributed by atoms with Crippen molar-refractivity contribution in [2.75, 3.05) is 13.1 Å². The van der Waals surface area contributed by atoms with Crippen LogP contribution in [-0.2, 0) is 9.59 Å². The molecule has 1 saturated heterocycles. The molecule has 0 aliphatic carbocycles. The smallest absolute Gasteiger partial charge is 0.242 e. The molecule has 0 bridgehead atoms. The Morgan fingerprint density at radius 1 is 1.30 bits per heavy atom. The molecule has 1 unspecified atom stereocenters. The molecule has 1 aliphatic heterocycles. The number of imidazole rings is 1. The molecule has 2 heterocycles. The number of nitrogens with two attached hydrogens (primary N) is 1. The molecule has 1 fully saturated rings. The number of likely N-dealkylation sites (tertiary alicyclic amines) is 1. The molecule has 10 heteroatoms. The van der Waals surface area contributed by atoms with Gasteiger partial charge in [0.25, 0.3) is 0 Å². The zero-order chi connectivity index (χ0) is 20.3. The second-order valence-electron chi connectivity index (χ2n) is 7.42. The molecule has 0 spiro atoms. The molecule has 1 aromatic carbocycles. The molecule has 1 aliphatic rings. The molecule has 3 rings (SSSR count). The van der Waals surface area contributed by atoms with Gasteiger partial charge in [-0.2, -0.15) is 0 Å². The van der Waals surface area contributed by atoms with Crippen LogP contribution in [0.4, 0.5) is 4.39 Å². The number of rotatable bonds is 6. The maximum absolute atomic E-state index is 13.1. The summed E-state index contributed by atoms with van der Waals surface area (Å²) in [6.45, 7) is 4.25. The Morgan fingerprint density at radius 2 is 1.97 bits per heavy atom. The van der Waals surface area contributed by atoms with Crippen LogP contribution in [0.3, 0.4) is 0 Å². The summed E-state index contributed by atoms with van der Waals surface area (Å²) in [5.74, 6) is -0.0875. The van der Waals surface area contributed by atoms with Crippen LogP contribution >= 0.6 is 24.8 Å². The lowest BCUT2D eigenvalue weighted by Gasteiger charge is -2.24. The van der Waals surface area contributed by atoms with E-state index in [1.54, 1.807) is 23.2 Å². The van der Waals surface area contributed by atoms with Gasteiger partial charge in [-0.3, -0.25) is 9.59 Å². The quantitative estimate of drug-likeness (QED) is 0.617. The van der Waals surface area contributed by atoms with E-state index in [1.807, 2.05) is 13.8 Å². The van der Waals surface area contributed by atoms with Crippen molar-refractivity contribution in [1.82, 2.24) is 20.2 Å². The Balaban J connectivity index is 0.00000225. The number of benzene rings is 1. The Bertz CT molecular complexity index is 844. The van der Waals surface area contributed by atoms with Crippen LogP contribution in [0.2, 0.25) is 0 Å². The first-order valence-corrected chi connectivity index (χ1v) is 9.50. The van der Waals surface area contributed by atoms with Gasteiger partial charge in [0.1, 0.15) is 11.6 Å². The predicted molar refractivity (Wildman–Crippen MR) is 118 cm³/mol. The maximum Gasteiger partial charge on any atom is 0.242 e. The predicted octanol–water partition coefficient (Wildman–Crippen LogP) is 2.82. The van der Waals surface area contributed by atoms with Gasteiger partial charge < -0.3 is 20.9 Å². The SMILES string of the molecule is CC(C)[C@H](N)C(=O)NCC(=O)N1CCCC1c1ncc(-c2ccc(F)cc2)[nH]1.Cl.Cl. The van der Waals surface area contributed by atoms with Crippen molar-refractivity contribution in [3.63, 3.8) is 0 Å². The molecule has 2 aromatic rings. The standard InChI is InChI=1S/C20H26FN5O2.2ClH/c1-12(2)18(22)20(28)24-11-17(27)26-9-3-4-16(26)19-23-10-15(25-19)13-5-7-14(21)8-6-13;;/h5-8,10,12,16,18H,3-4,9,11,22H2,1-2H3,(H,23,25)(H,24,28);2*1H/t16?,18-;;/m0../s1. The van der Waals surface area contributed by atoms with Gasteiger partial charge in [-0.05, 0) is 48.6 Å². The van der Waals surface area contributed by atoms with Gasteiger partial charge >= 0.3 is 0 Å². The highest BCUT2D eigenvalue weighted by Gasteiger charge is 2.32. The lowest BCUT2D eigenvalue weighted by Crippen LogP contribution is -2.47. The number of carbonyl (C=O) groups is 2. The number of nitrogens with one attached hydrogen (secondary N) is 2. The molecular weight excluding hydrogens is 432 g/mol. The average Bonchev–Trinajstić information content (AvgIpc) is 3.34. The number of amides is 2. The second kappa shape index (κ2) is 11.3. The zero-order valence-corrected chi connectivity index (χ0v) is 18.6. The fourth-order valence-corrected chi connectivity index (χ4v) is 3.32. The van der Waals surface area contributed by atoms with Crippen LogP contribution in [0.15, 0.2) is 30.5 Å². The summed E-state index contributed by atoms with van der Waals surface area (Å²) in [5, 5.41) is 2.63. The van der Waals surface area contributed by atoms with Crippen molar-refractivity contribution in [2.24, 2.45) is 11.7 Å². The van der Waals surface area contributed by atoms with Gasteiger partial charge in [-0.15, -0.1) is 24.8 Å². The largest absolute Gasteiger partial charge is 0.346 e. The number of nitrogens with zero attached hydrogens (tertiary/aromatic N) is 2. The Hall–Kier alpha value is -2.16. The van der Waals surface area contributed by atoms with Crippen molar-refractivity contribution >= 4 is 36.6 Å². The number of aromatic amines is 1. The highest BCUT2D eigenvalue weighted by Crippen LogP contribution is 2.31. The van der Waals surface area contributed by atoms with E-state index in [-0.39, 0.29) is 61.0 Å². The first-order chi connectivity index (χ1) is 13.4. The number of hydrogen-bond donors (Lipinski definition) is 3. The fraction of sp³-hybridized carbons (Fsp3) is 0.450. The molecule has 30 heavy (non-hydrogen) atoms. The Morgan fingerprint density at radius 3 is 2.60 bits per heavy atom. The monoisotopic (exact) mass is 459 g/mol. The first kappa shape index (κ1) is 25.9. The normalized spacial score (nSPS) is 16.6. The third-order valence-corrected chi connectivity index (χ3v) is 5.07. The molecule has 0 radical (unpaired) electrons. The summed E-state index contributed by atoms with van der Waals surface area (Å²) in [5.41, 5.74) is 7.40. The Labute approximate surface area is 187 Å². The van der Waals surface area contributed by atoms with Gasteiger partial charge in [0, 0.05) is 6.54 Å². The van der Waals surface area contributed by atoms with Crippen LogP contribution in [0, 0.1) is 11.7 Å². The van der Waals surface area contributed by atoms with Gasteiger partial charge in [-0.1, -0.05) is 13.8 Å². The van der Waals surface area contributed by atoms with Crippen LogP contribution in [-0.4, -0.2) is 45.8 Å². The average molecular weight is 460 g/mol. The summed E-state index contributed by atoms with van der Waals surface area (Å²) < 4.78 is 13.1. The number of aromatic nitrogens is 2. The third kappa shape index (κ3) is 5.93. The topological polar surface area (TPSA) is 104 Å². The molecule has 2 amide bonds. The zero-order valence-electron chi connectivity index (χ0n) is 16.9. The van der Waals surface area contributed by atoms with Crippen LogP contribution < -0.4 is 11.1 Å². The molecule has 1 aromatic heterocycles. The fourth-order valence-electron chi connectivity index (χ4n) is 3.32. The minimum atomic E-state index is -0.634. The first-order valence-electron chi connectivity index (χ1n) is 9.50. The lowest BCUT2D eigenvalue weighted by atomic mass is 10.1. The van der Waals surface area contributed by atoms with Crippen molar-refractivity contribution in [1.29, 1.82) is 0 Å². The summed E-state index contributed by atoms with van der Waals surface area (Å²) in [6, 6.07) is 5.34.